The molecule has 0 aliphatic heterocycles. The van der Waals surface area contributed by atoms with Crippen LogP contribution < -0.4 is 0 Å². The second kappa shape index (κ2) is 17.4. The molecule has 0 amide bonds. The highest BCUT2D eigenvalue weighted by Crippen LogP contribution is 2.51. The molecule has 4 nitrogen and oxygen atoms in total. The van der Waals surface area contributed by atoms with Crippen LogP contribution in [0.1, 0.15) is 0 Å². The van der Waals surface area contributed by atoms with Crippen LogP contribution in [-0.2, 0) is 0 Å². The molecule has 0 fully saturated rings. The van der Waals surface area contributed by atoms with Crippen molar-refractivity contribution in [1.82, 2.24) is 19.9 Å². The molecule has 67 heavy (non-hydrogen) atoms. The van der Waals surface area contributed by atoms with Crippen LogP contribution in [0.2, 0.25) is 0 Å². The van der Waals surface area contributed by atoms with Crippen molar-refractivity contribution < 1.29 is 0 Å². The first kappa shape index (κ1) is 39.9. The van der Waals surface area contributed by atoms with Crippen LogP contribution >= 0.6 is 11.3 Å². The average molecular weight is 873 g/mol. The number of aromatic nitrogens is 4. The van der Waals surface area contributed by atoms with Crippen molar-refractivity contribution in [1.29, 1.82) is 0 Å². The third-order valence-corrected chi connectivity index (χ3v) is 13.6. The van der Waals surface area contributed by atoms with Crippen molar-refractivity contribution in [3.8, 4) is 100 Å². The molecule has 12 aromatic rings. The lowest BCUT2D eigenvalue weighted by Gasteiger charge is -2.14. The molecule has 3 heterocycles. The number of nitrogens with zero attached hydrogens (tertiary/aromatic N) is 4. The molecule has 12 rings (SSSR count). The zero-order valence-electron chi connectivity index (χ0n) is 36.3. The summed E-state index contributed by atoms with van der Waals surface area (Å²) in [5, 5.41) is 2.28. The molecule has 0 aliphatic carbocycles. The zero-order chi connectivity index (χ0) is 44.5. The fourth-order valence-corrected chi connectivity index (χ4v) is 10.4. The fraction of sp³-hybridized carbons (Fsp3) is 0. The lowest BCUT2D eigenvalue weighted by atomic mass is 9.90. The first-order valence-electron chi connectivity index (χ1n) is 22.5. The minimum absolute atomic E-state index is 0.613. The number of thiophene rings is 1. The summed E-state index contributed by atoms with van der Waals surface area (Å²) in [6.45, 7) is 0. The van der Waals surface area contributed by atoms with Crippen molar-refractivity contribution in [3.05, 3.63) is 243 Å². The van der Waals surface area contributed by atoms with Gasteiger partial charge in [0.2, 0.25) is 0 Å². The second-order valence-electron chi connectivity index (χ2n) is 16.6. The Morgan fingerprint density at radius 1 is 0.269 bits per heavy atom. The quantitative estimate of drug-likeness (QED) is 0.145. The highest BCUT2D eigenvalue weighted by atomic mass is 32.1. The van der Waals surface area contributed by atoms with Crippen LogP contribution in [0.15, 0.2) is 243 Å². The Bertz CT molecular complexity index is 3650. The lowest BCUT2D eigenvalue weighted by molar-refractivity contribution is 1.07. The third-order valence-electron chi connectivity index (χ3n) is 12.3. The number of pyridine rings is 1. The van der Waals surface area contributed by atoms with E-state index < -0.39 is 0 Å². The van der Waals surface area contributed by atoms with E-state index in [1.54, 1.807) is 0 Å². The Kier molecular flexibility index (Phi) is 10.4. The van der Waals surface area contributed by atoms with Gasteiger partial charge in [-0.25, -0.2) is 19.9 Å². The summed E-state index contributed by atoms with van der Waals surface area (Å²) in [6, 6.07) is 85.3. The van der Waals surface area contributed by atoms with Crippen LogP contribution in [0.25, 0.3) is 121 Å². The molecule has 0 radical (unpaired) electrons. The maximum absolute atomic E-state index is 5.45. The van der Waals surface area contributed by atoms with E-state index in [4.69, 9.17) is 19.9 Å². The molecule has 0 aliphatic rings. The minimum atomic E-state index is 0.613. The third kappa shape index (κ3) is 7.78. The van der Waals surface area contributed by atoms with Gasteiger partial charge in [0, 0.05) is 48.2 Å². The molecular formula is C62H40N4S. The van der Waals surface area contributed by atoms with E-state index >= 15 is 0 Å². The number of hydrogen-bond donors (Lipinski definition) is 0. The first-order chi connectivity index (χ1) is 33.2. The molecular weight excluding hydrogens is 833 g/mol. The summed E-state index contributed by atoms with van der Waals surface area (Å²) in [7, 11) is 0. The van der Waals surface area contributed by atoms with E-state index in [-0.39, 0.29) is 0 Å². The van der Waals surface area contributed by atoms with Crippen molar-refractivity contribution >= 4 is 32.3 Å². The van der Waals surface area contributed by atoms with E-state index in [1.165, 1.54) is 9.58 Å². The molecule has 0 saturated heterocycles. The number of fused-ring (bicyclic) bond motifs is 3. The van der Waals surface area contributed by atoms with E-state index in [0.29, 0.717) is 17.5 Å². The highest BCUT2D eigenvalue weighted by molar-refractivity contribution is 7.24. The number of benzene rings is 9. The Morgan fingerprint density at radius 2 is 0.672 bits per heavy atom. The summed E-state index contributed by atoms with van der Waals surface area (Å²) < 4.78 is 1.21. The van der Waals surface area contributed by atoms with Gasteiger partial charge in [-0.3, -0.25) is 0 Å². The molecule has 0 saturated carbocycles. The predicted octanol–water partition coefficient (Wildman–Crippen LogP) is 16.6. The smallest absolute Gasteiger partial charge is 0.164 e. The van der Waals surface area contributed by atoms with Gasteiger partial charge in [-0.15, -0.1) is 11.3 Å². The summed E-state index contributed by atoms with van der Waals surface area (Å²) in [5.74, 6) is 1.86. The van der Waals surface area contributed by atoms with Gasteiger partial charge in [-0.1, -0.05) is 212 Å². The molecule has 5 heteroatoms. The molecule has 0 spiro atoms. The van der Waals surface area contributed by atoms with Gasteiger partial charge < -0.3 is 0 Å². The number of hydrogen-bond acceptors (Lipinski definition) is 5. The standard InChI is InChI=1S/C62H40N4S/c1-6-19-41(20-7-1)48-29-18-30-49(37-48)62-65-60(46-27-14-5-15-28-46)64-61(66-62)47-35-33-45(34-36-47)58-55(52-39-50(42-21-8-2-9-22-42)38-51(40-52)43-23-10-3-11-24-43)56-57(44-25-12-4-13-26-44)63-54-32-17-16-31-53(54)59(56)67-58/h1-40H. The molecule has 9 aromatic carbocycles. The average Bonchev–Trinajstić information content (AvgIpc) is 3.83. The normalized spacial score (nSPS) is 11.3. The largest absolute Gasteiger partial charge is 0.247 e. The summed E-state index contributed by atoms with van der Waals surface area (Å²) in [6.07, 6.45) is 0. The molecule has 3 aromatic heterocycles. The van der Waals surface area contributed by atoms with E-state index in [2.05, 4.69) is 206 Å². The predicted molar refractivity (Wildman–Crippen MR) is 279 cm³/mol. The Morgan fingerprint density at radius 3 is 1.25 bits per heavy atom. The van der Waals surface area contributed by atoms with E-state index in [9.17, 15) is 0 Å². The van der Waals surface area contributed by atoms with Gasteiger partial charge in [0.1, 0.15) is 0 Å². The van der Waals surface area contributed by atoms with E-state index in [0.717, 1.165) is 94.3 Å². The maximum Gasteiger partial charge on any atom is 0.164 e. The van der Waals surface area contributed by atoms with Gasteiger partial charge in [-0.05, 0) is 74.8 Å². The highest BCUT2D eigenvalue weighted by Gasteiger charge is 2.24. The lowest BCUT2D eigenvalue weighted by Crippen LogP contribution is -2.00. The van der Waals surface area contributed by atoms with E-state index in [1.807, 2.05) is 47.7 Å². The topological polar surface area (TPSA) is 51.6 Å². The van der Waals surface area contributed by atoms with Crippen LogP contribution in [0.4, 0.5) is 0 Å². The Balaban J connectivity index is 1.07. The van der Waals surface area contributed by atoms with Crippen LogP contribution in [0, 0.1) is 0 Å². The van der Waals surface area contributed by atoms with Crippen molar-refractivity contribution in [2.75, 3.05) is 0 Å². The van der Waals surface area contributed by atoms with Gasteiger partial charge in [-0.2, -0.15) is 0 Å². The van der Waals surface area contributed by atoms with Gasteiger partial charge in [0.25, 0.3) is 0 Å². The molecule has 0 atom stereocenters. The summed E-state index contributed by atoms with van der Waals surface area (Å²) >= 11 is 1.83. The summed E-state index contributed by atoms with van der Waals surface area (Å²) in [4.78, 5) is 22.0. The van der Waals surface area contributed by atoms with Gasteiger partial charge >= 0.3 is 0 Å². The van der Waals surface area contributed by atoms with Gasteiger partial charge in [0.05, 0.1) is 11.2 Å². The molecule has 0 bridgehead atoms. The number of para-hydroxylation sites is 1. The SMILES string of the molecule is c1ccc(-c2cccc(-c3nc(-c4ccccc4)nc(-c4ccc(-c5sc6c(c(-c7ccccc7)nc7ccccc76)c5-c5cc(-c6ccccc6)cc(-c6ccccc6)c5)cc4)n3)c2)cc1. The van der Waals surface area contributed by atoms with Gasteiger partial charge in [0.15, 0.2) is 17.5 Å². The Labute approximate surface area is 393 Å². The zero-order valence-corrected chi connectivity index (χ0v) is 37.1. The monoisotopic (exact) mass is 872 g/mol. The summed E-state index contributed by atoms with van der Waals surface area (Å²) in [5.41, 5.74) is 16.1. The van der Waals surface area contributed by atoms with Crippen LogP contribution in [0.5, 0.6) is 0 Å². The molecule has 0 N–H and O–H groups in total. The van der Waals surface area contributed by atoms with Crippen LogP contribution in [-0.4, -0.2) is 19.9 Å². The molecule has 0 unspecified atom stereocenters. The Hall–Kier alpha value is -8.64. The second-order valence-corrected chi connectivity index (χ2v) is 17.6. The minimum Gasteiger partial charge on any atom is -0.247 e. The van der Waals surface area contributed by atoms with Crippen molar-refractivity contribution in [3.63, 3.8) is 0 Å². The van der Waals surface area contributed by atoms with Crippen molar-refractivity contribution in [2.24, 2.45) is 0 Å². The molecule has 314 valence electrons. The fourth-order valence-electron chi connectivity index (χ4n) is 9.03. The number of rotatable bonds is 9. The maximum atomic E-state index is 5.45. The van der Waals surface area contributed by atoms with Crippen molar-refractivity contribution in [2.45, 2.75) is 0 Å². The van der Waals surface area contributed by atoms with Crippen LogP contribution in [0.3, 0.4) is 0 Å². The first-order valence-corrected chi connectivity index (χ1v) is 23.3.